The van der Waals surface area contributed by atoms with Crippen LogP contribution >= 0.6 is 0 Å². The minimum atomic E-state index is -0.788. The van der Waals surface area contributed by atoms with Crippen LogP contribution in [0.4, 0.5) is 5.69 Å². The number of carbonyl (C=O) groups excluding carboxylic acids is 1. The van der Waals surface area contributed by atoms with Gasteiger partial charge in [0.05, 0.1) is 11.2 Å². The molecule has 0 aromatic heterocycles. The molecule has 4 nitrogen and oxygen atoms in total. The van der Waals surface area contributed by atoms with Gasteiger partial charge in [-0.25, -0.2) is 0 Å². The Balaban J connectivity index is 1.97. The van der Waals surface area contributed by atoms with Crippen molar-refractivity contribution in [3.63, 3.8) is 0 Å². The van der Waals surface area contributed by atoms with Crippen LogP contribution in [0.5, 0.6) is 0 Å². The van der Waals surface area contributed by atoms with E-state index in [1.165, 1.54) is 0 Å². The molecule has 0 heterocycles. The Labute approximate surface area is 126 Å². The second-order valence-electron chi connectivity index (χ2n) is 7.11. The molecule has 1 aliphatic rings. The average Bonchev–Trinajstić information content (AvgIpc) is 2.43. The van der Waals surface area contributed by atoms with Gasteiger partial charge >= 0.3 is 0 Å². The first-order valence-corrected chi connectivity index (χ1v) is 7.58. The number of nitrogen functional groups attached to an aromatic ring is 1. The van der Waals surface area contributed by atoms with Gasteiger partial charge in [-0.15, -0.1) is 0 Å². The maximum absolute atomic E-state index is 12.2. The quantitative estimate of drug-likeness (QED) is 0.749. The summed E-state index contributed by atoms with van der Waals surface area (Å²) in [5, 5.41) is 13.4. The number of para-hydroxylation sites is 1. The van der Waals surface area contributed by atoms with Gasteiger partial charge in [-0.05, 0) is 49.7 Å². The van der Waals surface area contributed by atoms with E-state index in [2.05, 4.69) is 19.2 Å². The van der Waals surface area contributed by atoms with Crippen molar-refractivity contribution in [2.75, 3.05) is 12.3 Å². The molecule has 1 aromatic rings. The number of amides is 1. The molecule has 1 aliphatic carbocycles. The predicted molar refractivity (Wildman–Crippen MR) is 85.1 cm³/mol. The van der Waals surface area contributed by atoms with Gasteiger partial charge in [0.25, 0.3) is 5.91 Å². The number of aliphatic hydroxyl groups is 1. The zero-order chi connectivity index (χ0) is 15.7. The van der Waals surface area contributed by atoms with E-state index in [0.717, 1.165) is 31.2 Å². The van der Waals surface area contributed by atoms with E-state index in [-0.39, 0.29) is 17.9 Å². The van der Waals surface area contributed by atoms with Crippen LogP contribution in [0.25, 0.3) is 0 Å². The van der Waals surface area contributed by atoms with Gasteiger partial charge in [-0.1, -0.05) is 26.0 Å². The summed E-state index contributed by atoms with van der Waals surface area (Å²) >= 11 is 0. The molecule has 2 rings (SSSR count). The monoisotopic (exact) mass is 290 g/mol. The Bertz CT molecular complexity index is 528. The summed E-state index contributed by atoms with van der Waals surface area (Å²) in [7, 11) is 0. The van der Waals surface area contributed by atoms with E-state index < -0.39 is 5.60 Å². The molecule has 4 heteroatoms. The fraction of sp³-hybridized carbons (Fsp3) is 0.588. The molecule has 0 spiro atoms. The molecule has 0 atom stereocenters. The number of hydrogen-bond donors (Lipinski definition) is 3. The van der Waals surface area contributed by atoms with Crippen LogP contribution < -0.4 is 11.1 Å². The number of anilines is 1. The number of nitrogens with one attached hydrogen (secondary N) is 1. The van der Waals surface area contributed by atoms with Crippen LogP contribution in [-0.4, -0.2) is 23.2 Å². The summed E-state index contributed by atoms with van der Waals surface area (Å²) in [6, 6.07) is 5.41. The van der Waals surface area contributed by atoms with Crippen LogP contribution in [0.2, 0.25) is 0 Å². The molecule has 1 aromatic carbocycles. The predicted octanol–water partition coefficient (Wildman–Crippen LogP) is 2.64. The fourth-order valence-corrected chi connectivity index (χ4v) is 2.79. The highest BCUT2D eigenvalue weighted by molar-refractivity contribution is 5.99. The molecular formula is C17H26N2O2. The molecule has 4 N–H and O–H groups in total. The standard InChI is InChI=1S/C17H26N2O2/c1-12-5-4-6-13(14(12)18)15(20)19-11-17(21)9-7-16(2,3)8-10-17/h4-6,21H,7-11,18H2,1-3H3,(H,19,20). The highest BCUT2D eigenvalue weighted by Gasteiger charge is 2.36. The third-order valence-electron chi connectivity index (χ3n) is 4.68. The van der Waals surface area contributed by atoms with Crippen molar-refractivity contribution >= 4 is 11.6 Å². The Morgan fingerprint density at radius 3 is 2.52 bits per heavy atom. The largest absolute Gasteiger partial charge is 0.398 e. The first-order chi connectivity index (χ1) is 9.72. The lowest BCUT2D eigenvalue weighted by Crippen LogP contribution is -2.46. The Hall–Kier alpha value is -1.55. The van der Waals surface area contributed by atoms with Gasteiger partial charge in [0.15, 0.2) is 0 Å². The fourth-order valence-electron chi connectivity index (χ4n) is 2.79. The van der Waals surface area contributed by atoms with Gasteiger partial charge < -0.3 is 16.2 Å². The van der Waals surface area contributed by atoms with Crippen molar-refractivity contribution in [1.29, 1.82) is 0 Å². The lowest BCUT2D eigenvalue weighted by Gasteiger charge is -2.40. The van der Waals surface area contributed by atoms with E-state index in [1.54, 1.807) is 6.07 Å². The minimum absolute atomic E-state index is 0.213. The number of rotatable bonds is 3. The lowest BCUT2D eigenvalue weighted by atomic mass is 9.71. The zero-order valence-corrected chi connectivity index (χ0v) is 13.2. The topological polar surface area (TPSA) is 75.3 Å². The summed E-state index contributed by atoms with van der Waals surface area (Å²) < 4.78 is 0. The van der Waals surface area contributed by atoms with Gasteiger partial charge in [0.1, 0.15) is 0 Å². The Morgan fingerprint density at radius 1 is 1.29 bits per heavy atom. The SMILES string of the molecule is Cc1cccc(C(=O)NCC2(O)CCC(C)(C)CC2)c1N. The summed E-state index contributed by atoms with van der Waals surface area (Å²) in [4.78, 5) is 12.2. The van der Waals surface area contributed by atoms with Gasteiger partial charge in [-0.3, -0.25) is 4.79 Å². The second-order valence-corrected chi connectivity index (χ2v) is 7.11. The molecule has 0 bridgehead atoms. The van der Waals surface area contributed by atoms with Crippen molar-refractivity contribution < 1.29 is 9.90 Å². The summed E-state index contributed by atoms with van der Waals surface area (Å²) in [6.45, 7) is 6.61. The molecular weight excluding hydrogens is 264 g/mol. The highest BCUT2D eigenvalue weighted by atomic mass is 16.3. The van der Waals surface area contributed by atoms with E-state index in [9.17, 15) is 9.90 Å². The first-order valence-electron chi connectivity index (χ1n) is 7.58. The number of nitrogens with two attached hydrogens (primary N) is 1. The van der Waals surface area contributed by atoms with Crippen molar-refractivity contribution in [1.82, 2.24) is 5.32 Å². The minimum Gasteiger partial charge on any atom is -0.398 e. The average molecular weight is 290 g/mol. The summed E-state index contributed by atoms with van der Waals surface area (Å²) in [5.41, 5.74) is 7.32. The van der Waals surface area contributed by atoms with Crippen LogP contribution in [0.15, 0.2) is 18.2 Å². The van der Waals surface area contributed by atoms with Crippen molar-refractivity contribution in [3.05, 3.63) is 29.3 Å². The number of benzene rings is 1. The van der Waals surface area contributed by atoms with Crippen molar-refractivity contribution in [2.45, 2.75) is 52.1 Å². The zero-order valence-electron chi connectivity index (χ0n) is 13.2. The molecule has 1 fully saturated rings. The molecule has 1 amide bonds. The smallest absolute Gasteiger partial charge is 0.253 e. The van der Waals surface area contributed by atoms with Crippen LogP contribution in [0.3, 0.4) is 0 Å². The number of carbonyl (C=O) groups is 1. The third-order valence-corrected chi connectivity index (χ3v) is 4.68. The van der Waals surface area contributed by atoms with Crippen LogP contribution in [-0.2, 0) is 0 Å². The van der Waals surface area contributed by atoms with Gasteiger partial charge in [0, 0.05) is 12.2 Å². The Kier molecular flexibility index (Phi) is 4.28. The maximum Gasteiger partial charge on any atom is 0.253 e. The molecule has 116 valence electrons. The number of aryl methyl sites for hydroxylation is 1. The van der Waals surface area contributed by atoms with Gasteiger partial charge in [0.2, 0.25) is 0 Å². The molecule has 0 radical (unpaired) electrons. The van der Waals surface area contributed by atoms with E-state index in [4.69, 9.17) is 5.73 Å². The van der Waals surface area contributed by atoms with Crippen molar-refractivity contribution in [2.24, 2.45) is 5.41 Å². The highest BCUT2D eigenvalue weighted by Crippen LogP contribution is 2.39. The lowest BCUT2D eigenvalue weighted by molar-refractivity contribution is -0.0233. The number of hydrogen-bond acceptors (Lipinski definition) is 3. The van der Waals surface area contributed by atoms with Gasteiger partial charge in [-0.2, -0.15) is 0 Å². The van der Waals surface area contributed by atoms with E-state index in [1.807, 2.05) is 19.1 Å². The van der Waals surface area contributed by atoms with Crippen LogP contribution in [0, 0.1) is 12.3 Å². The maximum atomic E-state index is 12.2. The molecule has 0 saturated heterocycles. The molecule has 1 saturated carbocycles. The van der Waals surface area contributed by atoms with E-state index in [0.29, 0.717) is 11.3 Å². The first kappa shape index (κ1) is 15.8. The molecule has 0 aliphatic heterocycles. The molecule has 0 unspecified atom stereocenters. The summed E-state index contributed by atoms with van der Waals surface area (Å²) in [6.07, 6.45) is 3.41. The van der Waals surface area contributed by atoms with Crippen molar-refractivity contribution in [3.8, 4) is 0 Å². The summed E-state index contributed by atoms with van der Waals surface area (Å²) in [5.74, 6) is -0.213. The third kappa shape index (κ3) is 3.76. The molecule has 21 heavy (non-hydrogen) atoms. The Morgan fingerprint density at radius 2 is 1.90 bits per heavy atom. The van der Waals surface area contributed by atoms with E-state index >= 15 is 0 Å². The normalized spacial score (nSPS) is 20.0. The van der Waals surface area contributed by atoms with Crippen LogP contribution in [0.1, 0.15) is 55.5 Å². The second kappa shape index (κ2) is 5.68.